The van der Waals surface area contributed by atoms with Crippen LogP contribution in [0.5, 0.6) is 0 Å². The molecule has 96 valence electrons. The second-order valence-corrected chi connectivity index (χ2v) is 5.01. The molecule has 1 saturated heterocycles. The topological polar surface area (TPSA) is 70.7 Å². The molecular weight excluding hydrogens is 216 g/mol. The minimum Gasteiger partial charge on any atom is -0.370 e. The van der Waals surface area contributed by atoms with Crippen LogP contribution in [0.25, 0.3) is 0 Å². The lowest BCUT2D eigenvalue weighted by atomic mass is 9.68. The highest BCUT2D eigenvalue weighted by atomic mass is 16.2. The largest absolute Gasteiger partial charge is 0.370 e. The first-order chi connectivity index (χ1) is 8.18. The monoisotopic (exact) mass is 238 g/mol. The van der Waals surface area contributed by atoms with Crippen molar-refractivity contribution in [1.29, 1.82) is 0 Å². The molecule has 1 amide bonds. The van der Waals surface area contributed by atoms with Gasteiger partial charge in [0.25, 0.3) is 0 Å². The summed E-state index contributed by atoms with van der Waals surface area (Å²) in [5, 5.41) is 2.91. The van der Waals surface area contributed by atoms with E-state index in [1.54, 1.807) is 0 Å². The molecule has 17 heavy (non-hydrogen) atoms. The molecule has 0 aromatic carbocycles. The Labute approximate surface area is 102 Å². The van der Waals surface area contributed by atoms with Crippen LogP contribution in [-0.2, 0) is 4.79 Å². The lowest BCUT2D eigenvalue weighted by Crippen LogP contribution is -2.50. The SMILES string of the molecule is CCNC(=O)C1(CN=C(N)N2CCC2)CCC1. The van der Waals surface area contributed by atoms with Crippen LogP contribution < -0.4 is 11.1 Å². The zero-order valence-corrected chi connectivity index (χ0v) is 10.5. The Morgan fingerprint density at radius 2 is 2.12 bits per heavy atom. The molecule has 0 aromatic heterocycles. The van der Waals surface area contributed by atoms with Crippen molar-refractivity contribution in [1.82, 2.24) is 10.2 Å². The second-order valence-electron chi connectivity index (χ2n) is 5.01. The van der Waals surface area contributed by atoms with Crippen molar-refractivity contribution >= 4 is 11.9 Å². The van der Waals surface area contributed by atoms with E-state index >= 15 is 0 Å². The molecule has 1 saturated carbocycles. The van der Waals surface area contributed by atoms with Gasteiger partial charge in [0.15, 0.2) is 5.96 Å². The average Bonchev–Trinajstić information content (AvgIpc) is 2.13. The van der Waals surface area contributed by atoms with E-state index in [2.05, 4.69) is 15.2 Å². The van der Waals surface area contributed by atoms with Gasteiger partial charge in [-0.05, 0) is 26.2 Å². The number of nitrogens with two attached hydrogens (primary N) is 1. The van der Waals surface area contributed by atoms with Gasteiger partial charge in [0.1, 0.15) is 0 Å². The fourth-order valence-corrected chi connectivity index (χ4v) is 2.29. The first-order valence-electron chi connectivity index (χ1n) is 6.51. The van der Waals surface area contributed by atoms with Crippen LogP contribution in [0.1, 0.15) is 32.6 Å². The first kappa shape index (κ1) is 12.2. The number of rotatable bonds is 4. The number of nitrogens with one attached hydrogen (secondary N) is 1. The summed E-state index contributed by atoms with van der Waals surface area (Å²) in [6.07, 6.45) is 4.19. The molecule has 0 aromatic rings. The Morgan fingerprint density at radius 3 is 2.53 bits per heavy atom. The molecule has 5 nitrogen and oxygen atoms in total. The second kappa shape index (κ2) is 4.94. The smallest absolute Gasteiger partial charge is 0.228 e. The summed E-state index contributed by atoms with van der Waals surface area (Å²) in [6.45, 7) is 5.18. The molecule has 2 aliphatic rings. The predicted molar refractivity (Wildman–Crippen MR) is 67.6 cm³/mol. The molecule has 0 unspecified atom stereocenters. The van der Waals surface area contributed by atoms with Gasteiger partial charge in [0.2, 0.25) is 5.91 Å². The third-order valence-corrected chi connectivity index (χ3v) is 3.85. The van der Waals surface area contributed by atoms with Crippen LogP contribution in [0.4, 0.5) is 0 Å². The fourth-order valence-electron chi connectivity index (χ4n) is 2.29. The van der Waals surface area contributed by atoms with Crippen molar-refractivity contribution < 1.29 is 4.79 Å². The number of amides is 1. The number of likely N-dealkylation sites (tertiary alicyclic amines) is 1. The van der Waals surface area contributed by atoms with E-state index in [9.17, 15) is 4.79 Å². The van der Waals surface area contributed by atoms with E-state index in [1.807, 2.05) is 6.92 Å². The molecule has 1 aliphatic carbocycles. The van der Waals surface area contributed by atoms with E-state index in [1.165, 1.54) is 6.42 Å². The number of nitrogens with zero attached hydrogens (tertiary/aromatic N) is 2. The van der Waals surface area contributed by atoms with Gasteiger partial charge < -0.3 is 16.0 Å². The van der Waals surface area contributed by atoms with Crippen molar-refractivity contribution in [3.8, 4) is 0 Å². The van der Waals surface area contributed by atoms with Crippen molar-refractivity contribution in [3.05, 3.63) is 0 Å². The normalized spacial score (nSPS) is 22.6. The Kier molecular flexibility index (Phi) is 3.54. The molecule has 1 aliphatic heterocycles. The number of aliphatic imine (C=N–C) groups is 1. The van der Waals surface area contributed by atoms with E-state index in [4.69, 9.17) is 5.73 Å². The van der Waals surface area contributed by atoms with Crippen LogP contribution in [-0.4, -0.2) is 42.9 Å². The highest BCUT2D eigenvalue weighted by Crippen LogP contribution is 2.41. The highest BCUT2D eigenvalue weighted by molar-refractivity contribution is 5.84. The standard InChI is InChI=1S/C12H22N4O/c1-2-14-10(17)12(5-3-6-12)9-15-11(13)16-7-4-8-16/h2-9H2,1H3,(H2,13,15)(H,14,17). The molecule has 2 fully saturated rings. The summed E-state index contributed by atoms with van der Waals surface area (Å²) in [5.74, 6) is 0.748. The molecular formula is C12H22N4O. The van der Waals surface area contributed by atoms with Gasteiger partial charge in [-0.1, -0.05) is 6.42 Å². The molecule has 0 bridgehead atoms. The maximum absolute atomic E-state index is 12.0. The quantitative estimate of drug-likeness (QED) is 0.547. The number of hydrogen-bond donors (Lipinski definition) is 2. The van der Waals surface area contributed by atoms with Crippen molar-refractivity contribution in [2.45, 2.75) is 32.6 Å². The maximum atomic E-state index is 12.0. The number of guanidine groups is 1. The predicted octanol–water partition coefficient (Wildman–Crippen LogP) is 0.313. The summed E-state index contributed by atoms with van der Waals surface area (Å²) in [7, 11) is 0. The minimum atomic E-state index is -0.272. The first-order valence-corrected chi connectivity index (χ1v) is 6.51. The maximum Gasteiger partial charge on any atom is 0.228 e. The zero-order valence-electron chi connectivity index (χ0n) is 10.5. The molecule has 3 N–H and O–H groups in total. The molecule has 1 heterocycles. The molecule has 2 rings (SSSR count). The Bertz CT molecular complexity index is 318. The van der Waals surface area contributed by atoms with E-state index in [0.29, 0.717) is 19.0 Å². The van der Waals surface area contributed by atoms with E-state index in [0.717, 1.165) is 32.4 Å². The van der Waals surface area contributed by atoms with E-state index < -0.39 is 0 Å². The third-order valence-electron chi connectivity index (χ3n) is 3.85. The van der Waals surface area contributed by atoms with Gasteiger partial charge in [-0.15, -0.1) is 0 Å². The Morgan fingerprint density at radius 1 is 1.41 bits per heavy atom. The molecule has 0 spiro atoms. The fraction of sp³-hybridized carbons (Fsp3) is 0.833. The van der Waals surface area contributed by atoms with Gasteiger partial charge in [0, 0.05) is 19.6 Å². The van der Waals surface area contributed by atoms with Gasteiger partial charge in [0.05, 0.1) is 12.0 Å². The van der Waals surface area contributed by atoms with Gasteiger partial charge in [-0.2, -0.15) is 0 Å². The van der Waals surface area contributed by atoms with Crippen LogP contribution >= 0.6 is 0 Å². The van der Waals surface area contributed by atoms with Gasteiger partial charge >= 0.3 is 0 Å². The van der Waals surface area contributed by atoms with Gasteiger partial charge in [-0.3, -0.25) is 9.79 Å². The number of carbonyl (C=O) groups excluding carboxylic acids is 1. The lowest BCUT2D eigenvalue weighted by Gasteiger charge is -2.39. The third kappa shape index (κ3) is 2.37. The van der Waals surface area contributed by atoms with Gasteiger partial charge in [-0.25, -0.2) is 0 Å². The zero-order chi connectivity index (χ0) is 12.3. The van der Waals surface area contributed by atoms with Crippen LogP contribution in [0.2, 0.25) is 0 Å². The Balaban J connectivity index is 1.92. The highest BCUT2D eigenvalue weighted by Gasteiger charge is 2.43. The summed E-state index contributed by atoms with van der Waals surface area (Å²) >= 11 is 0. The average molecular weight is 238 g/mol. The van der Waals surface area contributed by atoms with Crippen LogP contribution in [0, 0.1) is 5.41 Å². The number of carbonyl (C=O) groups is 1. The molecule has 0 radical (unpaired) electrons. The van der Waals surface area contributed by atoms with Crippen molar-refractivity contribution in [2.24, 2.45) is 16.1 Å². The van der Waals surface area contributed by atoms with Crippen molar-refractivity contribution in [2.75, 3.05) is 26.2 Å². The summed E-state index contributed by atoms with van der Waals surface area (Å²) in [5.41, 5.74) is 5.61. The van der Waals surface area contributed by atoms with Crippen LogP contribution in [0.3, 0.4) is 0 Å². The molecule has 5 heteroatoms. The van der Waals surface area contributed by atoms with Crippen LogP contribution in [0.15, 0.2) is 4.99 Å². The summed E-state index contributed by atoms with van der Waals surface area (Å²) < 4.78 is 0. The molecule has 0 atom stereocenters. The van der Waals surface area contributed by atoms with Crippen molar-refractivity contribution in [3.63, 3.8) is 0 Å². The minimum absolute atomic E-state index is 0.145. The Hall–Kier alpha value is -1.26. The van der Waals surface area contributed by atoms with E-state index in [-0.39, 0.29) is 11.3 Å². The summed E-state index contributed by atoms with van der Waals surface area (Å²) in [6, 6.07) is 0. The lowest BCUT2D eigenvalue weighted by molar-refractivity contribution is -0.135. The summed E-state index contributed by atoms with van der Waals surface area (Å²) in [4.78, 5) is 18.4. The number of hydrogen-bond acceptors (Lipinski definition) is 2.